The first kappa shape index (κ1) is 14.4. The lowest BCUT2D eigenvalue weighted by atomic mass is 10.1. The molecule has 0 unspecified atom stereocenters. The highest BCUT2D eigenvalue weighted by Gasteiger charge is 2.16. The molecular formula is C14H14N4O3. The third-order valence-electron chi connectivity index (χ3n) is 3.02. The normalized spacial score (nSPS) is 10.0. The van der Waals surface area contributed by atoms with Crippen molar-refractivity contribution in [1.82, 2.24) is 4.98 Å². The summed E-state index contributed by atoms with van der Waals surface area (Å²) in [6, 6.07) is 5.86. The number of carbonyl (C=O) groups excluding carboxylic acids is 1. The number of carbonyl (C=O) groups is 1. The number of nitrogens with zero attached hydrogens (tertiary/aromatic N) is 2. The molecule has 1 aromatic heterocycles. The summed E-state index contributed by atoms with van der Waals surface area (Å²) in [4.78, 5) is 26.6. The summed E-state index contributed by atoms with van der Waals surface area (Å²) in [6.07, 6.45) is 3.15. The molecule has 1 aromatic carbocycles. The van der Waals surface area contributed by atoms with E-state index in [1.165, 1.54) is 24.4 Å². The first-order chi connectivity index (χ1) is 10.0. The molecule has 0 atom stereocenters. The maximum Gasteiger partial charge on any atom is 0.270 e. The number of non-ortho nitro benzene ring substituents is 1. The number of amides is 1. The highest BCUT2D eigenvalue weighted by atomic mass is 16.6. The lowest BCUT2D eigenvalue weighted by molar-refractivity contribution is -0.384. The quantitative estimate of drug-likeness (QED) is 0.665. The third-order valence-corrected chi connectivity index (χ3v) is 3.02. The Balaban J connectivity index is 2.36. The van der Waals surface area contributed by atoms with Crippen LogP contribution < -0.4 is 10.6 Å². The Bertz CT molecular complexity index is 700. The number of hydrogen-bond acceptors (Lipinski definition) is 5. The van der Waals surface area contributed by atoms with Crippen LogP contribution in [0, 0.1) is 17.0 Å². The molecule has 0 aliphatic heterocycles. The number of benzene rings is 1. The summed E-state index contributed by atoms with van der Waals surface area (Å²) in [7, 11) is 1.65. The summed E-state index contributed by atoms with van der Waals surface area (Å²) >= 11 is 0. The van der Waals surface area contributed by atoms with E-state index in [0.29, 0.717) is 11.4 Å². The van der Waals surface area contributed by atoms with Crippen LogP contribution >= 0.6 is 0 Å². The van der Waals surface area contributed by atoms with E-state index in [4.69, 9.17) is 0 Å². The van der Waals surface area contributed by atoms with Crippen LogP contribution in [0.15, 0.2) is 36.7 Å². The van der Waals surface area contributed by atoms with Gasteiger partial charge in [-0.05, 0) is 24.6 Å². The van der Waals surface area contributed by atoms with Gasteiger partial charge in [0.2, 0.25) is 0 Å². The van der Waals surface area contributed by atoms with E-state index in [-0.39, 0.29) is 11.3 Å². The Morgan fingerprint density at radius 3 is 2.67 bits per heavy atom. The minimum Gasteiger partial charge on any atom is -0.387 e. The highest BCUT2D eigenvalue weighted by Crippen LogP contribution is 2.23. The second kappa shape index (κ2) is 6.00. The summed E-state index contributed by atoms with van der Waals surface area (Å²) in [5.41, 5.74) is 2.00. The minimum absolute atomic E-state index is 0.137. The molecule has 108 valence electrons. The van der Waals surface area contributed by atoms with E-state index in [9.17, 15) is 14.9 Å². The molecule has 21 heavy (non-hydrogen) atoms. The van der Waals surface area contributed by atoms with Crippen molar-refractivity contribution in [2.75, 3.05) is 17.7 Å². The molecule has 1 amide bonds. The SMILES string of the molecule is CNc1ccc([N+](=O)[O-])cc1C(=O)Nc1cnccc1C. The van der Waals surface area contributed by atoms with Crippen LogP contribution in [0.25, 0.3) is 0 Å². The zero-order chi connectivity index (χ0) is 15.4. The van der Waals surface area contributed by atoms with Gasteiger partial charge in [-0.25, -0.2) is 0 Å². The molecule has 7 heteroatoms. The Morgan fingerprint density at radius 2 is 2.05 bits per heavy atom. The second-order valence-electron chi connectivity index (χ2n) is 4.38. The molecule has 0 radical (unpaired) electrons. The van der Waals surface area contributed by atoms with Gasteiger partial charge < -0.3 is 10.6 Å². The van der Waals surface area contributed by atoms with Crippen molar-refractivity contribution in [3.8, 4) is 0 Å². The number of nitrogens with one attached hydrogen (secondary N) is 2. The van der Waals surface area contributed by atoms with E-state index in [1.807, 2.05) is 6.92 Å². The van der Waals surface area contributed by atoms with Crippen molar-refractivity contribution in [3.63, 3.8) is 0 Å². The van der Waals surface area contributed by atoms with Crippen LogP contribution in [0.4, 0.5) is 17.1 Å². The van der Waals surface area contributed by atoms with Gasteiger partial charge in [-0.15, -0.1) is 0 Å². The van der Waals surface area contributed by atoms with Crippen LogP contribution in [0.5, 0.6) is 0 Å². The number of anilines is 2. The number of aryl methyl sites for hydroxylation is 1. The smallest absolute Gasteiger partial charge is 0.270 e. The van der Waals surface area contributed by atoms with Crippen LogP contribution in [-0.2, 0) is 0 Å². The van der Waals surface area contributed by atoms with E-state index in [0.717, 1.165) is 5.56 Å². The fraction of sp³-hybridized carbons (Fsp3) is 0.143. The summed E-state index contributed by atoms with van der Waals surface area (Å²) < 4.78 is 0. The molecule has 7 nitrogen and oxygen atoms in total. The average Bonchev–Trinajstić information content (AvgIpc) is 2.48. The van der Waals surface area contributed by atoms with Gasteiger partial charge in [0, 0.05) is 31.1 Å². The Labute approximate surface area is 121 Å². The van der Waals surface area contributed by atoms with Crippen molar-refractivity contribution >= 4 is 23.0 Å². The number of rotatable bonds is 4. The number of nitro benzene ring substituents is 1. The van der Waals surface area contributed by atoms with Crippen LogP contribution in [0.2, 0.25) is 0 Å². The fourth-order valence-corrected chi connectivity index (χ4v) is 1.84. The van der Waals surface area contributed by atoms with Gasteiger partial charge in [-0.3, -0.25) is 19.9 Å². The van der Waals surface area contributed by atoms with Crippen LogP contribution in [-0.4, -0.2) is 22.9 Å². The maximum atomic E-state index is 12.3. The number of hydrogen-bond donors (Lipinski definition) is 2. The van der Waals surface area contributed by atoms with Gasteiger partial charge in [-0.2, -0.15) is 0 Å². The average molecular weight is 286 g/mol. The summed E-state index contributed by atoms with van der Waals surface area (Å²) in [6.45, 7) is 1.84. The van der Waals surface area contributed by atoms with Crippen molar-refractivity contribution in [2.24, 2.45) is 0 Å². The molecule has 0 aliphatic carbocycles. The molecule has 1 heterocycles. The van der Waals surface area contributed by atoms with Crippen molar-refractivity contribution in [2.45, 2.75) is 6.92 Å². The first-order valence-corrected chi connectivity index (χ1v) is 6.21. The zero-order valence-corrected chi connectivity index (χ0v) is 11.6. The Kier molecular flexibility index (Phi) is 4.13. The van der Waals surface area contributed by atoms with Crippen molar-refractivity contribution < 1.29 is 9.72 Å². The first-order valence-electron chi connectivity index (χ1n) is 6.21. The van der Waals surface area contributed by atoms with Crippen molar-refractivity contribution in [3.05, 3.63) is 57.9 Å². The largest absolute Gasteiger partial charge is 0.387 e. The molecule has 2 N–H and O–H groups in total. The molecule has 0 spiro atoms. The summed E-state index contributed by atoms with van der Waals surface area (Å²) in [5, 5.41) is 16.4. The molecule has 2 rings (SSSR count). The molecule has 0 saturated heterocycles. The minimum atomic E-state index is -0.536. The lowest BCUT2D eigenvalue weighted by Crippen LogP contribution is -2.15. The second-order valence-corrected chi connectivity index (χ2v) is 4.38. The number of pyridine rings is 1. The molecule has 0 aliphatic rings. The Morgan fingerprint density at radius 1 is 1.29 bits per heavy atom. The Hall–Kier alpha value is -2.96. The van der Waals surface area contributed by atoms with Gasteiger partial charge in [0.05, 0.1) is 22.4 Å². The predicted octanol–water partition coefficient (Wildman–Crippen LogP) is 2.59. The molecule has 2 aromatic rings. The van der Waals surface area contributed by atoms with E-state index < -0.39 is 10.8 Å². The number of nitro groups is 1. The van der Waals surface area contributed by atoms with Gasteiger partial charge >= 0.3 is 0 Å². The van der Waals surface area contributed by atoms with Gasteiger partial charge in [0.1, 0.15) is 0 Å². The standard InChI is InChI=1S/C14H14N4O3/c1-9-5-6-16-8-13(9)17-14(19)11-7-10(18(20)21)3-4-12(11)15-2/h3-8,15H,1-2H3,(H,17,19). The van der Waals surface area contributed by atoms with E-state index >= 15 is 0 Å². The topological polar surface area (TPSA) is 97.2 Å². The van der Waals surface area contributed by atoms with Crippen LogP contribution in [0.3, 0.4) is 0 Å². The number of aromatic nitrogens is 1. The maximum absolute atomic E-state index is 12.3. The van der Waals surface area contributed by atoms with Gasteiger partial charge in [0.15, 0.2) is 0 Å². The highest BCUT2D eigenvalue weighted by molar-refractivity contribution is 6.08. The fourth-order valence-electron chi connectivity index (χ4n) is 1.84. The van der Waals surface area contributed by atoms with Crippen LogP contribution in [0.1, 0.15) is 15.9 Å². The van der Waals surface area contributed by atoms with Gasteiger partial charge in [0.25, 0.3) is 11.6 Å². The lowest BCUT2D eigenvalue weighted by Gasteiger charge is -2.11. The molecule has 0 saturated carbocycles. The van der Waals surface area contributed by atoms with E-state index in [1.54, 1.807) is 19.3 Å². The third kappa shape index (κ3) is 3.14. The van der Waals surface area contributed by atoms with Gasteiger partial charge in [-0.1, -0.05) is 0 Å². The van der Waals surface area contributed by atoms with Crippen molar-refractivity contribution in [1.29, 1.82) is 0 Å². The predicted molar refractivity (Wildman–Crippen MR) is 79.6 cm³/mol. The molecule has 0 bridgehead atoms. The van der Waals surface area contributed by atoms with E-state index in [2.05, 4.69) is 15.6 Å². The molecule has 0 fully saturated rings. The molecular weight excluding hydrogens is 272 g/mol. The summed E-state index contributed by atoms with van der Waals surface area (Å²) in [5.74, 6) is -0.431. The monoisotopic (exact) mass is 286 g/mol. The zero-order valence-electron chi connectivity index (χ0n) is 11.6.